The number of ether oxygens (including phenoxy) is 1. The van der Waals surface area contributed by atoms with E-state index in [2.05, 4.69) is 10.5 Å². The number of anilines is 1. The van der Waals surface area contributed by atoms with E-state index in [4.69, 9.17) is 4.74 Å². The molecule has 0 radical (unpaired) electrons. The van der Waals surface area contributed by atoms with Crippen LogP contribution in [-0.2, 0) is 6.18 Å². The Balaban J connectivity index is 1.67. The number of halogens is 3. The minimum atomic E-state index is -4.38. The fourth-order valence-electron chi connectivity index (χ4n) is 2.23. The van der Waals surface area contributed by atoms with E-state index in [-0.39, 0.29) is 5.69 Å². The van der Waals surface area contributed by atoms with Crippen LogP contribution in [-0.4, -0.2) is 6.21 Å². The van der Waals surface area contributed by atoms with Crippen LogP contribution in [0.4, 0.5) is 18.9 Å². The molecule has 3 rings (SSSR count). The Hall–Kier alpha value is -3.28. The molecular formula is C20H15F3N2O. The van der Waals surface area contributed by atoms with Gasteiger partial charge in [-0.2, -0.15) is 18.3 Å². The number of rotatable bonds is 5. The SMILES string of the molecule is FC(F)(F)c1cccc(NN=Cc2cccc(Oc3ccccc3)c2)c1. The summed E-state index contributed by atoms with van der Waals surface area (Å²) >= 11 is 0. The lowest BCUT2D eigenvalue weighted by molar-refractivity contribution is -0.137. The summed E-state index contributed by atoms with van der Waals surface area (Å²) in [4.78, 5) is 0. The van der Waals surface area contributed by atoms with E-state index in [1.54, 1.807) is 6.07 Å². The number of nitrogens with zero attached hydrogens (tertiary/aromatic N) is 1. The molecule has 0 saturated heterocycles. The van der Waals surface area contributed by atoms with Gasteiger partial charge in [0.1, 0.15) is 11.5 Å². The maximum atomic E-state index is 12.7. The van der Waals surface area contributed by atoms with Crippen molar-refractivity contribution in [1.29, 1.82) is 0 Å². The first-order chi connectivity index (χ1) is 12.5. The zero-order chi connectivity index (χ0) is 18.4. The van der Waals surface area contributed by atoms with E-state index in [1.165, 1.54) is 18.3 Å². The number of benzene rings is 3. The Morgan fingerprint density at radius 2 is 1.54 bits per heavy atom. The molecule has 1 N–H and O–H groups in total. The number of hydrazone groups is 1. The molecular weight excluding hydrogens is 341 g/mol. The number of hydrogen-bond donors (Lipinski definition) is 1. The summed E-state index contributed by atoms with van der Waals surface area (Å²) in [5.74, 6) is 1.35. The summed E-state index contributed by atoms with van der Waals surface area (Å²) in [6, 6.07) is 21.4. The molecule has 0 aliphatic heterocycles. The molecule has 3 aromatic carbocycles. The van der Waals surface area contributed by atoms with Gasteiger partial charge in [0, 0.05) is 0 Å². The zero-order valence-corrected chi connectivity index (χ0v) is 13.6. The van der Waals surface area contributed by atoms with Crippen molar-refractivity contribution in [3.8, 4) is 11.5 Å². The average molecular weight is 356 g/mol. The van der Waals surface area contributed by atoms with Crippen molar-refractivity contribution >= 4 is 11.9 Å². The topological polar surface area (TPSA) is 33.6 Å². The minimum absolute atomic E-state index is 0.257. The van der Waals surface area contributed by atoms with Crippen LogP contribution in [0.15, 0.2) is 84.0 Å². The standard InChI is InChI=1S/C20H15F3N2O/c21-20(22,23)16-7-5-8-17(13-16)25-24-14-15-6-4-11-19(12-15)26-18-9-2-1-3-10-18/h1-14,25H. The molecule has 0 fully saturated rings. The molecule has 0 bridgehead atoms. The predicted octanol–water partition coefficient (Wildman–Crippen LogP) is 5.94. The van der Waals surface area contributed by atoms with E-state index in [0.29, 0.717) is 11.5 Å². The first-order valence-corrected chi connectivity index (χ1v) is 7.80. The monoisotopic (exact) mass is 356 g/mol. The van der Waals surface area contributed by atoms with E-state index in [9.17, 15) is 13.2 Å². The van der Waals surface area contributed by atoms with Crippen molar-refractivity contribution in [3.05, 3.63) is 90.0 Å². The maximum Gasteiger partial charge on any atom is 0.416 e. The quantitative estimate of drug-likeness (QED) is 0.453. The van der Waals surface area contributed by atoms with Crippen LogP contribution in [0.3, 0.4) is 0 Å². The molecule has 26 heavy (non-hydrogen) atoms. The smallest absolute Gasteiger partial charge is 0.416 e. The van der Waals surface area contributed by atoms with Gasteiger partial charge in [0.15, 0.2) is 0 Å². The molecule has 0 atom stereocenters. The largest absolute Gasteiger partial charge is 0.457 e. The molecule has 3 aromatic rings. The molecule has 132 valence electrons. The fraction of sp³-hybridized carbons (Fsp3) is 0.0500. The van der Waals surface area contributed by atoms with Gasteiger partial charge in [-0.1, -0.05) is 36.4 Å². The van der Waals surface area contributed by atoms with Crippen LogP contribution in [0.1, 0.15) is 11.1 Å². The van der Waals surface area contributed by atoms with Crippen molar-refractivity contribution in [2.24, 2.45) is 5.10 Å². The molecule has 0 spiro atoms. The second-order valence-electron chi connectivity index (χ2n) is 5.44. The van der Waals surface area contributed by atoms with Gasteiger partial charge in [0.05, 0.1) is 17.5 Å². The van der Waals surface area contributed by atoms with Crippen molar-refractivity contribution in [2.75, 3.05) is 5.43 Å². The molecule has 0 amide bonds. The van der Waals surface area contributed by atoms with Crippen LogP contribution in [0.5, 0.6) is 11.5 Å². The Labute approximate surface area is 148 Å². The van der Waals surface area contributed by atoms with Crippen LogP contribution < -0.4 is 10.2 Å². The van der Waals surface area contributed by atoms with E-state index < -0.39 is 11.7 Å². The molecule has 6 heteroatoms. The zero-order valence-electron chi connectivity index (χ0n) is 13.6. The summed E-state index contributed by atoms with van der Waals surface area (Å²) in [6.07, 6.45) is -2.87. The third-order valence-corrected chi connectivity index (χ3v) is 3.43. The first kappa shape index (κ1) is 17.5. The number of hydrogen-bond acceptors (Lipinski definition) is 3. The van der Waals surface area contributed by atoms with Gasteiger partial charge in [-0.05, 0) is 48.0 Å². The highest BCUT2D eigenvalue weighted by Gasteiger charge is 2.30. The van der Waals surface area contributed by atoms with Crippen molar-refractivity contribution in [1.82, 2.24) is 0 Å². The molecule has 0 unspecified atom stereocenters. The molecule has 0 aromatic heterocycles. The Bertz CT molecular complexity index is 893. The van der Waals surface area contributed by atoms with E-state index in [0.717, 1.165) is 17.7 Å². The third-order valence-electron chi connectivity index (χ3n) is 3.43. The van der Waals surface area contributed by atoms with Crippen molar-refractivity contribution in [2.45, 2.75) is 6.18 Å². The maximum absolute atomic E-state index is 12.7. The molecule has 0 aliphatic rings. The van der Waals surface area contributed by atoms with Gasteiger partial charge in [0.2, 0.25) is 0 Å². The minimum Gasteiger partial charge on any atom is -0.457 e. The summed E-state index contributed by atoms with van der Waals surface area (Å²) in [5.41, 5.74) is 2.88. The van der Waals surface area contributed by atoms with Gasteiger partial charge < -0.3 is 4.74 Å². The number of nitrogens with one attached hydrogen (secondary N) is 1. The van der Waals surface area contributed by atoms with Crippen molar-refractivity contribution < 1.29 is 17.9 Å². The second kappa shape index (κ2) is 7.74. The molecule has 3 nitrogen and oxygen atoms in total. The lowest BCUT2D eigenvalue weighted by Gasteiger charge is -2.08. The number of para-hydroxylation sites is 1. The fourth-order valence-corrected chi connectivity index (χ4v) is 2.23. The first-order valence-electron chi connectivity index (χ1n) is 7.80. The molecule has 0 aliphatic carbocycles. The van der Waals surface area contributed by atoms with Gasteiger partial charge in [-0.15, -0.1) is 0 Å². The van der Waals surface area contributed by atoms with E-state index in [1.807, 2.05) is 48.5 Å². The van der Waals surface area contributed by atoms with E-state index >= 15 is 0 Å². The molecule has 0 saturated carbocycles. The van der Waals surface area contributed by atoms with Crippen LogP contribution in [0, 0.1) is 0 Å². The summed E-state index contributed by atoms with van der Waals surface area (Å²) in [7, 11) is 0. The predicted molar refractivity (Wildman–Crippen MR) is 95.6 cm³/mol. The Morgan fingerprint density at radius 3 is 2.31 bits per heavy atom. The van der Waals surface area contributed by atoms with Crippen molar-refractivity contribution in [3.63, 3.8) is 0 Å². The molecule has 0 heterocycles. The highest BCUT2D eigenvalue weighted by atomic mass is 19.4. The number of alkyl halides is 3. The van der Waals surface area contributed by atoms with Crippen LogP contribution >= 0.6 is 0 Å². The average Bonchev–Trinajstić information content (AvgIpc) is 2.63. The third kappa shape index (κ3) is 4.86. The highest BCUT2D eigenvalue weighted by Crippen LogP contribution is 2.30. The Kier molecular flexibility index (Phi) is 5.22. The van der Waals surface area contributed by atoms with Crippen LogP contribution in [0.25, 0.3) is 0 Å². The van der Waals surface area contributed by atoms with Gasteiger partial charge in [-0.3, -0.25) is 5.43 Å². The van der Waals surface area contributed by atoms with Gasteiger partial charge >= 0.3 is 6.18 Å². The van der Waals surface area contributed by atoms with Gasteiger partial charge in [-0.25, -0.2) is 0 Å². The summed E-state index contributed by atoms with van der Waals surface area (Å²) in [5, 5.41) is 3.99. The normalized spacial score (nSPS) is 11.5. The van der Waals surface area contributed by atoms with Crippen LogP contribution in [0.2, 0.25) is 0 Å². The second-order valence-corrected chi connectivity index (χ2v) is 5.44. The summed E-state index contributed by atoms with van der Waals surface area (Å²) in [6.45, 7) is 0. The Morgan fingerprint density at radius 1 is 0.808 bits per heavy atom. The lowest BCUT2D eigenvalue weighted by Crippen LogP contribution is -2.05. The summed E-state index contributed by atoms with van der Waals surface area (Å²) < 4.78 is 43.8. The lowest BCUT2D eigenvalue weighted by atomic mass is 10.2. The van der Waals surface area contributed by atoms with Gasteiger partial charge in [0.25, 0.3) is 0 Å². The highest BCUT2D eigenvalue weighted by molar-refractivity contribution is 5.80.